The van der Waals surface area contributed by atoms with E-state index in [0.717, 1.165) is 11.4 Å². The number of ether oxygens (including phenoxy) is 1. The fourth-order valence-electron chi connectivity index (χ4n) is 1.66. The summed E-state index contributed by atoms with van der Waals surface area (Å²) in [6, 6.07) is 5.41. The van der Waals surface area contributed by atoms with Crippen LogP contribution >= 0.6 is 23.1 Å². The van der Waals surface area contributed by atoms with Crippen molar-refractivity contribution >= 4 is 23.1 Å². The predicted octanol–water partition coefficient (Wildman–Crippen LogP) is 3.32. The maximum atomic E-state index is 5.95. The Bertz CT molecular complexity index is 568. The van der Waals surface area contributed by atoms with Crippen LogP contribution in [0.25, 0.3) is 0 Å². The maximum absolute atomic E-state index is 5.95. The van der Waals surface area contributed by atoms with Crippen molar-refractivity contribution in [2.75, 3.05) is 0 Å². The molecule has 6 heteroatoms. The summed E-state index contributed by atoms with van der Waals surface area (Å²) < 4.78 is 10.0. The fourth-order valence-corrected chi connectivity index (χ4v) is 2.44. The van der Waals surface area contributed by atoms with Crippen LogP contribution in [0.4, 0.5) is 0 Å². The molecule has 1 heterocycles. The largest absolute Gasteiger partial charge is 0.429 e. The quantitative estimate of drug-likeness (QED) is 0.934. The van der Waals surface area contributed by atoms with Gasteiger partial charge in [-0.15, -0.1) is 0 Å². The van der Waals surface area contributed by atoms with Crippen LogP contribution in [0.3, 0.4) is 0 Å². The third-order valence-electron chi connectivity index (χ3n) is 2.81. The van der Waals surface area contributed by atoms with Gasteiger partial charge < -0.3 is 10.5 Å². The van der Waals surface area contributed by atoms with Gasteiger partial charge >= 0.3 is 0 Å². The topological polar surface area (TPSA) is 61.0 Å². The Labute approximate surface area is 114 Å². The van der Waals surface area contributed by atoms with E-state index >= 15 is 0 Å². The maximum Gasteiger partial charge on any atom is 0.298 e. The minimum atomic E-state index is 0.404. The van der Waals surface area contributed by atoms with E-state index < -0.39 is 0 Å². The van der Waals surface area contributed by atoms with E-state index in [4.69, 9.17) is 22.1 Å². The highest BCUT2D eigenvalue weighted by molar-refractivity contribution is 7.07. The number of aromatic nitrogens is 2. The van der Waals surface area contributed by atoms with E-state index in [2.05, 4.69) is 9.36 Å². The molecule has 0 aliphatic heterocycles. The van der Waals surface area contributed by atoms with Crippen molar-refractivity contribution in [3.63, 3.8) is 0 Å². The minimum absolute atomic E-state index is 0.404. The molecule has 2 aromatic rings. The third-order valence-corrected chi connectivity index (χ3v) is 3.66. The van der Waals surface area contributed by atoms with E-state index in [0.29, 0.717) is 28.4 Å². The first-order valence-corrected chi connectivity index (χ1v) is 6.91. The van der Waals surface area contributed by atoms with E-state index in [1.54, 1.807) is 12.1 Å². The molecule has 1 saturated carbocycles. The minimum Gasteiger partial charge on any atom is -0.429 e. The Morgan fingerprint density at radius 3 is 3.00 bits per heavy atom. The normalized spacial score (nSPS) is 14.8. The lowest BCUT2D eigenvalue weighted by Crippen LogP contribution is -1.99. The average Bonchev–Trinajstić information content (AvgIpc) is 3.11. The summed E-state index contributed by atoms with van der Waals surface area (Å²) in [5.74, 6) is 2.08. The zero-order valence-corrected chi connectivity index (χ0v) is 11.2. The SMILES string of the molecule is NCc1ccc(Cl)cc1Oc1nc(C2CC2)ns1. The molecule has 0 saturated heterocycles. The van der Waals surface area contributed by atoms with Crippen molar-refractivity contribution in [2.45, 2.75) is 25.3 Å². The Kier molecular flexibility index (Phi) is 3.20. The van der Waals surface area contributed by atoms with Crippen molar-refractivity contribution in [3.8, 4) is 10.9 Å². The molecule has 18 heavy (non-hydrogen) atoms. The number of benzene rings is 1. The molecule has 1 aliphatic carbocycles. The summed E-state index contributed by atoms with van der Waals surface area (Å²) in [6.07, 6.45) is 2.36. The van der Waals surface area contributed by atoms with Gasteiger partial charge in [0.25, 0.3) is 5.19 Å². The first-order valence-electron chi connectivity index (χ1n) is 5.76. The molecule has 0 bridgehead atoms. The highest BCUT2D eigenvalue weighted by Gasteiger charge is 2.28. The van der Waals surface area contributed by atoms with Crippen LogP contribution in [0.15, 0.2) is 18.2 Å². The lowest BCUT2D eigenvalue weighted by Gasteiger charge is -2.07. The van der Waals surface area contributed by atoms with Crippen molar-refractivity contribution < 1.29 is 4.74 Å². The van der Waals surface area contributed by atoms with Crippen molar-refractivity contribution in [1.29, 1.82) is 0 Å². The summed E-state index contributed by atoms with van der Waals surface area (Å²) in [6.45, 7) is 0.404. The van der Waals surface area contributed by atoms with Gasteiger partial charge in [-0.2, -0.15) is 9.36 Å². The zero-order chi connectivity index (χ0) is 12.5. The van der Waals surface area contributed by atoms with Crippen LogP contribution in [0.5, 0.6) is 10.9 Å². The van der Waals surface area contributed by atoms with Crippen LogP contribution in [-0.4, -0.2) is 9.36 Å². The lowest BCUT2D eigenvalue weighted by atomic mass is 10.2. The molecule has 4 nitrogen and oxygen atoms in total. The second-order valence-electron chi connectivity index (χ2n) is 4.25. The van der Waals surface area contributed by atoms with Gasteiger partial charge in [-0.05, 0) is 25.0 Å². The molecule has 1 aromatic heterocycles. The Hall–Kier alpha value is -1.17. The molecule has 94 valence electrons. The van der Waals surface area contributed by atoms with Crippen molar-refractivity contribution in [2.24, 2.45) is 5.73 Å². The van der Waals surface area contributed by atoms with E-state index in [1.807, 2.05) is 6.07 Å². The Balaban J connectivity index is 1.83. The van der Waals surface area contributed by atoms with Crippen LogP contribution in [0, 0.1) is 0 Å². The first kappa shape index (κ1) is 11.9. The van der Waals surface area contributed by atoms with Gasteiger partial charge in [0, 0.05) is 34.6 Å². The molecular formula is C12H12ClN3OS. The van der Waals surface area contributed by atoms with Crippen LogP contribution in [-0.2, 0) is 6.54 Å². The van der Waals surface area contributed by atoms with E-state index in [-0.39, 0.29) is 0 Å². The average molecular weight is 282 g/mol. The van der Waals surface area contributed by atoms with Crippen LogP contribution < -0.4 is 10.5 Å². The Morgan fingerprint density at radius 2 is 2.28 bits per heavy atom. The summed E-state index contributed by atoms with van der Waals surface area (Å²) in [7, 11) is 0. The van der Waals surface area contributed by atoms with Gasteiger partial charge in [-0.3, -0.25) is 0 Å². The summed E-state index contributed by atoms with van der Waals surface area (Å²) in [5.41, 5.74) is 6.57. The van der Waals surface area contributed by atoms with Gasteiger partial charge in [-0.1, -0.05) is 17.7 Å². The van der Waals surface area contributed by atoms with Gasteiger partial charge in [0.1, 0.15) is 11.6 Å². The Morgan fingerprint density at radius 1 is 1.44 bits per heavy atom. The molecule has 0 atom stereocenters. The second-order valence-corrected chi connectivity index (χ2v) is 5.40. The third kappa shape index (κ3) is 2.48. The molecule has 1 aromatic carbocycles. The fraction of sp³-hybridized carbons (Fsp3) is 0.333. The number of nitrogens with zero attached hydrogens (tertiary/aromatic N) is 2. The van der Waals surface area contributed by atoms with Gasteiger partial charge in [0.2, 0.25) is 0 Å². The molecule has 2 N–H and O–H groups in total. The molecule has 0 spiro atoms. The number of hydrogen-bond donors (Lipinski definition) is 1. The predicted molar refractivity (Wildman–Crippen MR) is 71.3 cm³/mol. The highest BCUT2D eigenvalue weighted by atomic mass is 35.5. The number of nitrogens with two attached hydrogens (primary N) is 1. The molecular weight excluding hydrogens is 270 g/mol. The number of rotatable bonds is 4. The summed E-state index contributed by atoms with van der Waals surface area (Å²) >= 11 is 7.22. The van der Waals surface area contributed by atoms with Crippen LogP contribution in [0.1, 0.15) is 30.1 Å². The molecule has 0 radical (unpaired) electrons. The molecule has 1 aliphatic rings. The van der Waals surface area contributed by atoms with Gasteiger partial charge in [0.15, 0.2) is 0 Å². The first-order chi connectivity index (χ1) is 8.76. The standard InChI is InChI=1S/C12H12ClN3OS/c13-9-4-3-8(6-14)10(5-9)17-12-15-11(16-18-12)7-1-2-7/h3-5,7H,1-2,6,14H2. The van der Waals surface area contributed by atoms with Crippen molar-refractivity contribution in [3.05, 3.63) is 34.6 Å². The second kappa shape index (κ2) is 4.84. The van der Waals surface area contributed by atoms with E-state index in [9.17, 15) is 0 Å². The lowest BCUT2D eigenvalue weighted by molar-refractivity contribution is 0.471. The summed E-state index contributed by atoms with van der Waals surface area (Å²) in [4.78, 5) is 4.37. The molecule has 3 rings (SSSR count). The number of halogens is 1. The van der Waals surface area contributed by atoms with Crippen LogP contribution in [0.2, 0.25) is 5.02 Å². The molecule has 0 amide bonds. The highest BCUT2D eigenvalue weighted by Crippen LogP contribution is 2.40. The smallest absolute Gasteiger partial charge is 0.298 e. The van der Waals surface area contributed by atoms with Gasteiger partial charge in [0.05, 0.1) is 0 Å². The molecule has 0 unspecified atom stereocenters. The molecule has 1 fully saturated rings. The van der Waals surface area contributed by atoms with Gasteiger partial charge in [-0.25, -0.2) is 0 Å². The van der Waals surface area contributed by atoms with Crippen molar-refractivity contribution in [1.82, 2.24) is 9.36 Å². The van der Waals surface area contributed by atoms with E-state index in [1.165, 1.54) is 24.4 Å². The monoisotopic (exact) mass is 281 g/mol. The zero-order valence-electron chi connectivity index (χ0n) is 9.60. The number of hydrogen-bond acceptors (Lipinski definition) is 5. The summed E-state index contributed by atoms with van der Waals surface area (Å²) in [5, 5.41) is 1.17.